The quantitative estimate of drug-likeness (QED) is 0.627. The predicted octanol–water partition coefficient (Wildman–Crippen LogP) is 2.58. The van der Waals surface area contributed by atoms with Gasteiger partial charge in [0.25, 0.3) is 0 Å². The summed E-state index contributed by atoms with van der Waals surface area (Å²) in [6, 6.07) is 1.81. The van der Waals surface area contributed by atoms with Crippen LogP contribution in [0, 0.1) is 6.92 Å². The molecule has 2 heterocycles. The van der Waals surface area contributed by atoms with E-state index in [1.54, 1.807) is 13.8 Å². The Morgan fingerprint density at radius 1 is 1.38 bits per heavy atom. The number of carbonyl (C=O) groups is 2. The van der Waals surface area contributed by atoms with Crippen LogP contribution in [-0.2, 0) is 11.2 Å². The first-order chi connectivity index (χ1) is 9.99. The standard InChI is InChI=1S/C14H17N3O3S/c1-5-10-7-11(14(19)20-6-2)13(21-10)17-8(3)12(9(4)18)15-16-17/h7H,5-6H2,1-4H3. The highest BCUT2D eigenvalue weighted by atomic mass is 32.1. The van der Waals surface area contributed by atoms with E-state index in [2.05, 4.69) is 10.3 Å². The maximum Gasteiger partial charge on any atom is 0.341 e. The highest BCUT2D eigenvalue weighted by molar-refractivity contribution is 7.14. The summed E-state index contributed by atoms with van der Waals surface area (Å²) in [5, 5.41) is 8.54. The molecule has 0 aliphatic carbocycles. The van der Waals surface area contributed by atoms with Gasteiger partial charge in [-0.1, -0.05) is 12.1 Å². The fraction of sp³-hybridized carbons (Fsp3) is 0.429. The van der Waals surface area contributed by atoms with Crippen molar-refractivity contribution >= 4 is 23.1 Å². The molecule has 0 radical (unpaired) electrons. The molecule has 0 N–H and O–H groups in total. The van der Waals surface area contributed by atoms with Gasteiger partial charge in [-0.25, -0.2) is 9.48 Å². The van der Waals surface area contributed by atoms with Gasteiger partial charge in [0, 0.05) is 11.8 Å². The van der Waals surface area contributed by atoms with E-state index in [4.69, 9.17) is 4.74 Å². The minimum atomic E-state index is -0.386. The smallest absolute Gasteiger partial charge is 0.341 e. The van der Waals surface area contributed by atoms with Crippen molar-refractivity contribution in [2.45, 2.75) is 34.1 Å². The highest BCUT2D eigenvalue weighted by Gasteiger charge is 2.22. The second kappa shape index (κ2) is 6.17. The molecule has 0 spiro atoms. The van der Waals surface area contributed by atoms with E-state index in [9.17, 15) is 9.59 Å². The summed E-state index contributed by atoms with van der Waals surface area (Å²) in [6.07, 6.45) is 0.810. The third-order valence-corrected chi connectivity index (χ3v) is 4.28. The van der Waals surface area contributed by atoms with E-state index < -0.39 is 0 Å². The first kappa shape index (κ1) is 15.4. The number of esters is 1. The van der Waals surface area contributed by atoms with E-state index in [1.165, 1.54) is 22.9 Å². The van der Waals surface area contributed by atoms with Gasteiger partial charge in [-0.3, -0.25) is 4.79 Å². The molecule has 2 rings (SSSR count). The Balaban J connectivity index is 2.55. The Labute approximate surface area is 126 Å². The molecule has 0 saturated carbocycles. The summed E-state index contributed by atoms with van der Waals surface area (Å²) in [4.78, 5) is 24.6. The van der Waals surface area contributed by atoms with Crippen molar-refractivity contribution in [2.75, 3.05) is 6.61 Å². The van der Waals surface area contributed by atoms with E-state index in [-0.39, 0.29) is 11.8 Å². The van der Waals surface area contributed by atoms with Crippen LogP contribution < -0.4 is 0 Å². The third kappa shape index (κ3) is 2.87. The molecule has 0 unspecified atom stereocenters. The number of hydrogen-bond donors (Lipinski definition) is 0. The predicted molar refractivity (Wildman–Crippen MR) is 79.3 cm³/mol. The normalized spacial score (nSPS) is 10.7. The Hall–Kier alpha value is -2.02. The Morgan fingerprint density at radius 3 is 2.62 bits per heavy atom. The van der Waals surface area contributed by atoms with E-state index in [1.807, 2.05) is 13.0 Å². The minimum absolute atomic E-state index is 0.149. The van der Waals surface area contributed by atoms with Crippen LogP contribution in [-0.4, -0.2) is 33.4 Å². The molecular formula is C14H17N3O3S. The van der Waals surface area contributed by atoms with Crippen LogP contribution in [0.1, 0.15) is 52.2 Å². The number of aromatic nitrogens is 3. The summed E-state index contributed by atoms with van der Waals surface area (Å²) in [5.41, 5.74) is 1.40. The summed E-state index contributed by atoms with van der Waals surface area (Å²) in [5.74, 6) is -0.536. The van der Waals surface area contributed by atoms with Crippen LogP contribution in [0.4, 0.5) is 0 Å². The average Bonchev–Trinajstić information content (AvgIpc) is 3.02. The van der Waals surface area contributed by atoms with Gasteiger partial charge >= 0.3 is 5.97 Å². The number of thiophene rings is 1. The topological polar surface area (TPSA) is 74.1 Å². The molecule has 0 amide bonds. The van der Waals surface area contributed by atoms with Crippen LogP contribution in [0.25, 0.3) is 5.00 Å². The summed E-state index contributed by atoms with van der Waals surface area (Å²) < 4.78 is 6.62. The number of hydrogen-bond acceptors (Lipinski definition) is 6. The second-order valence-corrected chi connectivity index (χ2v) is 5.61. The highest BCUT2D eigenvalue weighted by Crippen LogP contribution is 2.28. The van der Waals surface area contributed by atoms with Gasteiger partial charge < -0.3 is 4.74 Å². The molecule has 21 heavy (non-hydrogen) atoms. The lowest BCUT2D eigenvalue weighted by Gasteiger charge is -2.04. The van der Waals surface area contributed by atoms with Crippen LogP contribution in [0.15, 0.2) is 6.07 Å². The SMILES string of the molecule is CCOC(=O)c1cc(CC)sc1-n1nnc(C(C)=O)c1C. The number of ether oxygens (including phenoxy) is 1. The number of aryl methyl sites for hydroxylation is 1. The molecule has 0 fully saturated rings. The zero-order valence-corrected chi connectivity index (χ0v) is 13.3. The molecule has 7 heteroatoms. The van der Waals surface area contributed by atoms with Gasteiger partial charge in [0.1, 0.15) is 5.00 Å². The third-order valence-electron chi connectivity index (χ3n) is 3.03. The fourth-order valence-electron chi connectivity index (χ4n) is 1.97. The first-order valence-electron chi connectivity index (χ1n) is 6.73. The van der Waals surface area contributed by atoms with E-state index in [0.29, 0.717) is 28.6 Å². The van der Waals surface area contributed by atoms with Gasteiger partial charge in [-0.05, 0) is 26.3 Å². The molecule has 0 bridgehead atoms. The van der Waals surface area contributed by atoms with Gasteiger partial charge in [0.2, 0.25) is 0 Å². The van der Waals surface area contributed by atoms with E-state index >= 15 is 0 Å². The molecule has 0 aliphatic rings. The van der Waals surface area contributed by atoms with Gasteiger partial charge in [0.05, 0.1) is 17.9 Å². The Bertz CT molecular complexity index is 688. The van der Waals surface area contributed by atoms with Crippen LogP contribution in [0.3, 0.4) is 0 Å². The molecule has 0 aromatic carbocycles. The van der Waals surface area contributed by atoms with Crippen molar-refractivity contribution in [1.29, 1.82) is 0 Å². The molecule has 112 valence electrons. The molecular weight excluding hydrogens is 290 g/mol. The molecule has 0 saturated heterocycles. The van der Waals surface area contributed by atoms with Crippen molar-refractivity contribution in [2.24, 2.45) is 0 Å². The van der Waals surface area contributed by atoms with Crippen molar-refractivity contribution in [1.82, 2.24) is 15.0 Å². The Morgan fingerprint density at radius 2 is 2.10 bits per heavy atom. The number of nitrogens with zero attached hydrogens (tertiary/aromatic N) is 3. The second-order valence-electron chi connectivity index (χ2n) is 4.50. The molecule has 0 atom stereocenters. The first-order valence-corrected chi connectivity index (χ1v) is 7.54. The van der Waals surface area contributed by atoms with Crippen molar-refractivity contribution < 1.29 is 14.3 Å². The number of rotatable bonds is 5. The van der Waals surface area contributed by atoms with Crippen molar-refractivity contribution in [3.8, 4) is 5.00 Å². The largest absolute Gasteiger partial charge is 0.462 e. The molecule has 2 aromatic rings. The maximum absolute atomic E-state index is 12.1. The fourth-order valence-corrected chi connectivity index (χ4v) is 3.05. The summed E-state index contributed by atoms with van der Waals surface area (Å²) >= 11 is 1.45. The monoisotopic (exact) mass is 307 g/mol. The zero-order chi connectivity index (χ0) is 15.6. The number of ketones is 1. The van der Waals surface area contributed by atoms with E-state index in [0.717, 1.165) is 11.3 Å². The molecule has 0 aliphatic heterocycles. The minimum Gasteiger partial charge on any atom is -0.462 e. The van der Waals surface area contributed by atoms with Crippen molar-refractivity contribution in [3.05, 3.63) is 27.9 Å². The van der Waals surface area contributed by atoms with Gasteiger partial charge in [-0.2, -0.15) is 0 Å². The van der Waals surface area contributed by atoms with Gasteiger partial charge in [0.15, 0.2) is 11.5 Å². The molecule has 2 aromatic heterocycles. The van der Waals surface area contributed by atoms with Crippen LogP contribution in [0.2, 0.25) is 0 Å². The van der Waals surface area contributed by atoms with Crippen molar-refractivity contribution in [3.63, 3.8) is 0 Å². The zero-order valence-electron chi connectivity index (χ0n) is 12.5. The van der Waals surface area contributed by atoms with Gasteiger partial charge in [-0.15, -0.1) is 16.4 Å². The lowest BCUT2D eigenvalue weighted by molar-refractivity contribution is 0.0526. The van der Waals surface area contributed by atoms with Crippen LogP contribution in [0.5, 0.6) is 0 Å². The number of Topliss-reactive ketones (excluding diaryl/α,β-unsaturated/α-hetero) is 1. The molecule has 6 nitrogen and oxygen atoms in total. The Kier molecular flexibility index (Phi) is 4.52. The summed E-state index contributed by atoms with van der Waals surface area (Å²) in [7, 11) is 0. The lowest BCUT2D eigenvalue weighted by Crippen LogP contribution is -2.09. The lowest BCUT2D eigenvalue weighted by atomic mass is 10.2. The average molecular weight is 307 g/mol. The number of carbonyl (C=O) groups excluding carboxylic acids is 2. The van der Waals surface area contributed by atoms with Crippen LogP contribution >= 0.6 is 11.3 Å². The summed E-state index contributed by atoms with van der Waals surface area (Å²) in [6.45, 7) is 7.29. The maximum atomic E-state index is 12.1.